The highest BCUT2D eigenvalue weighted by atomic mass is 16.5. The zero-order valence-corrected chi connectivity index (χ0v) is 9.17. The van der Waals surface area contributed by atoms with Crippen LogP contribution in [0.5, 0.6) is 0 Å². The molecule has 16 heavy (non-hydrogen) atoms. The molecule has 2 heterocycles. The molecule has 2 atom stereocenters. The van der Waals surface area contributed by atoms with Crippen molar-refractivity contribution in [2.75, 3.05) is 13.1 Å². The largest absolute Gasteiger partial charge is 0.388 e. The van der Waals surface area contributed by atoms with Crippen LogP contribution in [0.3, 0.4) is 0 Å². The van der Waals surface area contributed by atoms with Gasteiger partial charge in [0.05, 0.1) is 17.9 Å². The number of carbonyl (C=O) groups excluding carboxylic acids is 1. The Balaban J connectivity index is 2.21. The third-order valence-electron chi connectivity index (χ3n) is 2.79. The molecular weight excluding hydrogens is 212 g/mol. The summed E-state index contributed by atoms with van der Waals surface area (Å²) in [5.74, 6) is 0.199. The number of hydrogen-bond acceptors (Lipinski definition) is 5. The molecule has 6 nitrogen and oxygen atoms in total. The van der Waals surface area contributed by atoms with Crippen molar-refractivity contribution in [3.05, 3.63) is 17.0 Å². The van der Waals surface area contributed by atoms with E-state index in [1.54, 1.807) is 13.8 Å². The van der Waals surface area contributed by atoms with Crippen molar-refractivity contribution < 1.29 is 19.5 Å². The molecule has 1 aromatic rings. The van der Waals surface area contributed by atoms with Gasteiger partial charge in [-0.1, -0.05) is 5.16 Å². The zero-order chi connectivity index (χ0) is 11.9. The molecule has 1 fully saturated rings. The molecular formula is C10H14N2O4. The van der Waals surface area contributed by atoms with E-state index in [4.69, 9.17) is 4.52 Å². The highest BCUT2D eigenvalue weighted by Gasteiger charge is 2.34. The first-order valence-corrected chi connectivity index (χ1v) is 5.09. The fourth-order valence-electron chi connectivity index (χ4n) is 1.88. The lowest BCUT2D eigenvalue weighted by atomic mass is 10.2. The number of aromatic nitrogens is 1. The average molecular weight is 226 g/mol. The molecule has 0 radical (unpaired) electrons. The summed E-state index contributed by atoms with van der Waals surface area (Å²) in [7, 11) is 0. The van der Waals surface area contributed by atoms with Gasteiger partial charge >= 0.3 is 0 Å². The van der Waals surface area contributed by atoms with E-state index >= 15 is 0 Å². The first kappa shape index (κ1) is 11.1. The van der Waals surface area contributed by atoms with Gasteiger partial charge in [-0.25, -0.2) is 0 Å². The third-order valence-corrected chi connectivity index (χ3v) is 2.79. The SMILES string of the molecule is Cc1noc(C)c1C(=O)N1CC(O)C(O)C1. The van der Waals surface area contributed by atoms with Crippen LogP contribution in [-0.4, -0.2) is 51.5 Å². The fourth-order valence-corrected chi connectivity index (χ4v) is 1.88. The Morgan fingerprint density at radius 3 is 2.38 bits per heavy atom. The lowest BCUT2D eigenvalue weighted by Gasteiger charge is -2.14. The summed E-state index contributed by atoms with van der Waals surface area (Å²) in [4.78, 5) is 13.4. The van der Waals surface area contributed by atoms with Gasteiger partial charge in [-0.3, -0.25) is 4.79 Å². The van der Waals surface area contributed by atoms with Gasteiger partial charge in [0.2, 0.25) is 0 Å². The molecule has 0 bridgehead atoms. The monoisotopic (exact) mass is 226 g/mol. The number of nitrogens with zero attached hydrogens (tertiary/aromatic N) is 2. The van der Waals surface area contributed by atoms with Crippen LogP contribution in [0, 0.1) is 13.8 Å². The topological polar surface area (TPSA) is 86.8 Å². The second-order valence-corrected chi connectivity index (χ2v) is 4.04. The minimum absolute atomic E-state index is 0.143. The van der Waals surface area contributed by atoms with Gasteiger partial charge in [0, 0.05) is 13.1 Å². The molecule has 1 aliphatic rings. The van der Waals surface area contributed by atoms with Crippen LogP contribution in [0.4, 0.5) is 0 Å². The van der Waals surface area contributed by atoms with E-state index in [0.29, 0.717) is 17.0 Å². The Morgan fingerprint density at radius 1 is 1.38 bits per heavy atom. The van der Waals surface area contributed by atoms with E-state index in [2.05, 4.69) is 5.16 Å². The van der Waals surface area contributed by atoms with Crippen molar-refractivity contribution in [2.45, 2.75) is 26.1 Å². The van der Waals surface area contributed by atoms with Crippen molar-refractivity contribution in [3.8, 4) is 0 Å². The molecule has 2 rings (SSSR count). The summed E-state index contributed by atoms with van der Waals surface area (Å²) in [6, 6.07) is 0. The number of aliphatic hydroxyl groups is 2. The molecule has 88 valence electrons. The Labute approximate surface area is 92.5 Å². The van der Waals surface area contributed by atoms with Gasteiger partial charge in [-0.2, -0.15) is 0 Å². The summed E-state index contributed by atoms with van der Waals surface area (Å²) < 4.78 is 4.91. The Morgan fingerprint density at radius 2 is 1.94 bits per heavy atom. The molecule has 0 aromatic carbocycles. The minimum Gasteiger partial charge on any atom is -0.388 e. The fraction of sp³-hybridized carbons (Fsp3) is 0.600. The summed E-state index contributed by atoms with van der Waals surface area (Å²) >= 11 is 0. The standard InChI is InChI=1S/C10H14N2O4/c1-5-9(6(2)16-11-5)10(15)12-3-7(13)8(14)4-12/h7-8,13-14H,3-4H2,1-2H3. The summed E-state index contributed by atoms with van der Waals surface area (Å²) in [6.07, 6.45) is -1.74. The molecule has 2 unspecified atom stereocenters. The van der Waals surface area contributed by atoms with Crippen LogP contribution in [0.2, 0.25) is 0 Å². The predicted molar refractivity (Wildman–Crippen MR) is 53.9 cm³/mol. The molecule has 0 spiro atoms. The lowest BCUT2D eigenvalue weighted by molar-refractivity contribution is 0.0572. The first-order valence-electron chi connectivity index (χ1n) is 5.09. The van der Waals surface area contributed by atoms with E-state index in [0.717, 1.165) is 0 Å². The maximum Gasteiger partial charge on any atom is 0.259 e. The molecule has 0 aliphatic carbocycles. The first-order chi connectivity index (χ1) is 7.50. The number of likely N-dealkylation sites (tertiary alicyclic amines) is 1. The maximum atomic E-state index is 12.0. The van der Waals surface area contributed by atoms with Gasteiger partial charge in [0.15, 0.2) is 0 Å². The summed E-state index contributed by atoms with van der Waals surface area (Å²) in [6.45, 7) is 3.64. The van der Waals surface area contributed by atoms with Crippen LogP contribution in [0.1, 0.15) is 21.8 Å². The predicted octanol–water partition coefficient (Wildman–Crippen LogP) is -0.531. The smallest absolute Gasteiger partial charge is 0.259 e. The number of carbonyl (C=O) groups is 1. The van der Waals surface area contributed by atoms with Gasteiger partial charge < -0.3 is 19.6 Å². The van der Waals surface area contributed by atoms with Crippen molar-refractivity contribution in [2.24, 2.45) is 0 Å². The van der Waals surface area contributed by atoms with Crippen LogP contribution in [0.15, 0.2) is 4.52 Å². The molecule has 2 N–H and O–H groups in total. The minimum atomic E-state index is -0.871. The quantitative estimate of drug-likeness (QED) is 0.672. The Bertz CT molecular complexity index is 385. The van der Waals surface area contributed by atoms with Crippen molar-refractivity contribution >= 4 is 5.91 Å². The van der Waals surface area contributed by atoms with Crippen molar-refractivity contribution in [1.82, 2.24) is 10.1 Å². The van der Waals surface area contributed by atoms with Gasteiger partial charge in [-0.15, -0.1) is 0 Å². The molecule has 1 amide bonds. The number of amides is 1. The highest BCUT2D eigenvalue weighted by Crippen LogP contribution is 2.19. The molecule has 1 aliphatic heterocycles. The van der Waals surface area contributed by atoms with Gasteiger partial charge in [0.1, 0.15) is 11.3 Å². The molecule has 0 saturated carbocycles. The number of aryl methyl sites for hydroxylation is 2. The zero-order valence-electron chi connectivity index (χ0n) is 9.17. The third kappa shape index (κ3) is 1.70. The number of aliphatic hydroxyl groups excluding tert-OH is 2. The van der Waals surface area contributed by atoms with E-state index in [9.17, 15) is 15.0 Å². The number of rotatable bonds is 1. The van der Waals surface area contributed by atoms with Crippen LogP contribution < -0.4 is 0 Å². The normalized spacial score (nSPS) is 25.1. The van der Waals surface area contributed by atoms with Crippen LogP contribution in [0.25, 0.3) is 0 Å². The summed E-state index contributed by atoms with van der Waals surface area (Å²) in [5.41, 5.74) is 0.944. The van der Waals surface area contributed by atoms with Crippen molar-refractivity contribution in [3.63, 3.8) is 0 Å². The number of hydrogen-bond donors (Lipinski definition) is 2. The summed E-state index contributed by atoms with van der Waals surface area (Å²) in [5, 5.41) is 22.4. The molecule has 1 saturated heterocycles. The molecule has 6 heteroatoms. The van der Waals surface area contributed by atoms with Gasteiger partial charge in [0.25, 0.3) is 5.91 Å². The van der Waals surface area contributed by atoms with Crippen LogP contribution in [-0.2, 0) is 0 Å². The van der Waals surface area contributed by atoms with E-state index in [-0.39, 0.29) is 19.0 Å². The van der Waals surface area contributed by atoms with E-state index < -0.39 is 12.2 Å². The van der Waals surface area contributed by atoms with E-state index in [1.165, 1.54) is 4.90 Å². The van der Waals surface area contributed by atoms with Crippen LogP contribution >= 0.6 is 0 Å². The van der Waals surface area contributed by atoms with Gasteiger partial charge in [-0.05, 0) is 13.8 Å². The average Bonchev–Trinajstić information content (AvgIpc) is 2.72. The number of β-amino-alcohol motifs (C(OH)–C–C–N with tert-alkyl or cyclic N) is 2. The highest BCUT2D eigenvalue weighted by molar-refractivity contribution is 5.96. The van der Waals surface area contributed by atoms with Crippen molar-refractivity contribution in [1.29, 1.82) is 0 Å². The second kappa shape index (κ2) is 3.88. The lowest BCUT2D eigenvalue weighted by Crippen LogP contribution is -2.30. The van der Waals surface area contributed by atoms with E-state index in [1.807, 2.05) is 0 Å². The maximum absolute atomic E-state index is 12.0. The molecule has 1 aromatic heterocycles. The Hall–Kier alpha value is -1.40. The second-order valence-electron chi connectivity index (χ2n) is 4.04. The Kier molecular flexibility index (Phi) is 2.69.